The summed E-state index contributed by atoms with van der Waals surface area (Å²) in [5, 5.41) is 8.74. The minimum absolute atomic E-state index is 0.450. The van der Waals surface area contributed by atoms with Gasteiger partial charge >= 0.3 is 0 Å². The van der Waals surface area contributed by atoms with Crippen LogP contribution in [0.15, 0.2) is 58.4 Å². The predicted octanol–water partition coefficient (Wildman–Crippen LogP) is 3.99. The van der Waals surface area contributed by atoms with Gasteiger partial charge in [-0.15, -0.1) is 10.2 Å². The van der Waals surface area contributed by atoms with E-state index in [2.05, 4.69) is 28.2 Å². The molecule has 4 aromatic rings. The third-order valence-corrected chi connectivity index (χ3v) is 4.67. The van der Waals surface area contributed by atoms with Gasteiger partial charge in [-0.1, -0.05) is 30.0 Å². The number of para-hydroxylation sites is 1. The third kappa shape index (κ3) is 3.10. The Balaban J connectivity index is 1.52. The number of nitrogens with zero attached hydrogens (tertiary/aromatic N) is 4. The van der Waals surface area contributed by atoms with Gasteiger partial charge in [0.25, 0.3) is 11.1 Å². The van der Waals surface area contributed by atoms with Crippen molar-refractivity contribution >= 4 is 17.4 Å². The first-order valence-corrected chi connectivity index (χ1v) is 8.76. The highest BCUT2D eigenvalue weighted by molar-refractivity contribution is 7.98. The number of aryl methyl sites for hydroxylation is 1. The highest BCUT2D eigenvalue weighted by Gasteiger charge is 2.14. The van der Waals surface area contributed by atoms with Gasteiger partial charge in [-0.05, 0) is 30.7 Å². The van der Waals surface area contributed by atoms with E-state index in [1.807, 2.05) is 47.1 Å². The number of fused-ring (bicyclic) bond motifs is 1. The smallest absolute Gasteiger partial charge is 0.277 e. The van der Waals surface area contributed by atoms with Gasteiger partial charge < -0.3 is 13.6 Å². The molecule has 0 atom stereocenters. The normalized spacial score (nSPS) is 11.1. The molecule has 3 aromatic heterocycles. The lowest BCUT2D eigenvalue weighted by Gasteiger charge is -2.03. The third-order valence-electron chi connectivity index (χ3n) is 3.82. The zero-order valence-electron chi connectivity index (χ0n) is 13.8. The lowest BCUT2D eigenvalue weighted by Crippen LogP contribution is -1.87. The molecule has 0 saturated carbocycles. The van der Waals surface area contributed by atoms with Gasteiger partial charge in [0.1, 0.15) is 11.4 Å². The van der Waals surface area contributed by atoms with Crippen molar-refractivity contribution in [1.29, 1.82) is 0 Å². The highest BCUT2D eigenvalue weighted by Crippen LogP contribution is 2.31. The molecule has 0 aliphatic rings. The second kappa shape index (κ2) is 6.60. The second-order valence-corrected chi connectivity index (χ2v) is 6.44. The van der Waals surface area contributed by atoms with E-state index in [-0.39, 0.29) is 0 Å². The number of hydrogen-bond acceptors (Lipinski definition) is 6. The standard InChI is InChI=1S/C18H16N4O2S/c1-12-6-5-9-22-10-13(19-16(12)22)11-25-18-21-20-17(24-18)14-7-3-4-8-15(14)23-2/h3-10H,11H2,1-2H3. The summed E-state index contributed by atoms with van der Waals surface area (Å²) >= 11 is 1.47. The maximum Gasteiger partial charge on any atom is 0.277 e. The first-order chi connectivity index (χ1) is 12.2. The quantitative estimate of drug-likeness (QED) is 0.506. The van der Waals surface area contributed by atoms with E-state index < -0.39 is 0 Å². The number of benzene rings is 1. The molecule has 6 nitrogen and oxygen atoms in total. The summed E-state index contributed by atoms with van der Waals surface area (Å²) in [5.41, 5.74) is 3.87. The van der Waals surface area contributed by atoms with Gasteiger partial charge in [0.2, 0.25) is 0 Å². The minimum Gasteiger partial charge on any atom is -0.496 e. The van der Waals surface area contributed by atoms with E-state index >= 15 is 0 Å². The van der Waals surface area contributed by atoms with Crippen LogP contribution < -0.4 is 4.74 Å². The maximum absolute atomic E-state index is 5.76. The fourth-order valence-electron chi connectivity index (χ4n) is 2.61. The second-order valence-electron chi connectivity index (χ2n) is 5.52. The van der Waals surface area contributed by atoms with Crippen LogP contribution in [0.5, 0.6) is 5.75 Å². The number of ether oxygens (including phenoxy) is 1. The van der Waals surface area contributed by atoms with Crippen LogP contribution in [0.4, 0.5) is 0 Å². The number of aromatic nitrogens is 4. The van der Waals surface area contributed by atoms with E-state index in [4.69, 9.17) is 9.15 Å². The number of thioether (sulfide) groups is 1. The Bertz CT molecular complexity index is 1020. The first kappa shape index (κ1) is 15.7. The molecule has 0 spiro atoms. The summed E-state index contributed by atoms with van der Waals surface area (Å²) in [4.78, 5) is 4.65. The van der Waals surface area contributed by atoms with E-state index in [1.54, 1.807) is 7.11 Å². The Morgan fingerprint density at radius 2 is 2.04 bits per heavy atom. The maximum atomic E-state index is 5.76. The fourth-order valence-corrected chi connectivity index (χ4v) is 3.25. The number of rotatable bonds is 5. The van der Waals surface area contributed by atoms with Crippen LogP contribution in [-0.2, 0) is 5.75 Å². The molecule has 0 saturated heterocycles. The lowest BCUT2D eigenvalue weighted by atomic mass is 10.2. The van der Waals surface area contributed by atoms with Crippen LogP contribution in [0.1, 0.15) is 11.3 Å². The molecule has 1 aromatic carbocycles. The monoisotopic (exact) mass is 352 g/mol. The molecule has 7 heteroatoms. The summed E-state index contributed by atoms with van der Waals surface area (Å²) in [6.45, 7) is 2.05. The SMILES string of the molecule is COc1ccccc1-c1nnc(SCc2cn3cccc(C)c3n2)o1. The molecular weight excluding hydrogens is 336 g/mol. The molecule has 4 rings (SSSR count). The summed E-state index contributed by atoms with van der Waals surface area (Å²) in [6, 6.07) is 11.6. The Labute approximate surface area is 148 Å². The molecule has 126 valence electrons. The molecule has 3 heterocycles. The lowest BCUT2D eigenvalue weighted by molar-refractivity contribution is 0.411. The molecule has 0 N–H and O–H groups in total. The van der Waals surface area contributed by atoms with Crippen molar-refractivity contribution in [3.63, 3.8) is 0 Å². The Hall–Kier alpha value is -2.80. The van der Waals surface area contributed by atoms with Crippen LogP contribution in [0.25, 0.3) is 17.1 Å². The van der Waals surface area contributed by atoms with Crippen LogP contribution in [0.3, 0.4) is 0 Å². The van der Waals surface area contributed by atoms with Crippen LogP contribution in [-0.4, -0.2) is 26.7 Å². The Morgan fingerprint density at radius 1 is 1.16 bits per heavy atom. The number of pyridine rings is 1. The van der Waals surface area contributed by atoms with Crippen molar-refractivity contribution in [1.82, 2.24) is 19.6 Å². The molecular formula is C18H16N4O2S. The van der Waals surface area contributed by atoms with E-state index in [0.29, 0.717) is 22.6 Å². The average molecular weight is 352 g/mol. The van der Waals surface area contributed by atoms with Gasteiger partial charge in [-0.3, -0.25) is 0 Å². The molecule has 0 aliphatic carbocycles. The van der Waals surface area contributed by atoms with Crippen LogP contribution in [0, 0.1) is 6.92 Å². The topological polar surface area (TPSA) is 65.5 Å². The molecule has 0 radical (unpaired) electrons. The first-order valence-electron chi connectivity index (χ1n) is 7.77. The van der Waals surface area contributed by atoms with E-state index in [0.717, 1.165) is 22.5 Å². The summed E-state index contributed by atoms with van der Waals surface area (Å²) in [6.07, 6.45) is 4.02. The Kier molecular flexibility index (Phi) is 4.15. The number of methoxy groups -OCH3 is 1. The Morgan fingerprint density at radius 3 is 2.88 bits per heavy atom. The summed E-state index contributed by atoms with van der Waals surface area (Å²) in [5.74, 6) is 1.82. The highest BCUT2D eigenvalue weighted by atomic mass is 32.2. The van der Waals surface area contributed by atoms with Crippen LogP contribution >= 0.6 is 11.8 Å². The van der Waals surface area contributed by atoms with Crippen LogP contribution in [0.2, 0.25) is 0 Å². The van der Waals surface area contributed by atoms with Gasteiger partial charge in [-0.25, -0.2) is 4.98 Å². The summed E-state index contributed by atoms with van der Waals surface area (Å²) in [7, 11) is 1.62. The van der Waals surface area contributed by atoms with Gasteiger partial charge in [0.15, 0.2) is 0 Å². The molecule has 25 heavy (non-hydrogen) atoms. The van der Waals surface area contributed by atoms with Crippen molar-refractivity contribution in [2.75, 3.05) is 7.11 Å². The van der Waals surface area contributed by atoms with Gasteiger partial charge in [0, 0.05) is 18.1 Å². The van der Waals surface area contributed by atoms with Gasteiger partial charge in [0.05, 0.1) is 18.4 Å². The van der Waals surface area contributed by atoms with Crippen molar-refractivity contribution in [2.24, 2.45) is 0 Å². The molecule has 0 bridgehead atoms. The van der Waals surface area contributed by atoms with Gasteiger partial charge in [-0.2, -0.15) is 0 Å². The fraction of sp³-hybridized carbons (Fsp3) is 0.167. The van der Waals surface area contributed by atoms with Crippen molar-refractivity contribution in [3.05, 3.63) is 60.0 Å². The molecule has 0 aliphatic heterocycles. The van der Waals surface area contributed by atoms with E-state index in [9.17, 15) is 0 Å². The zero-order valence-corrected chi connectivity index (χ0v) is 14.7. The largest absolute Gasteiger partial charge is 0.496 e. The average Bonchev–Trinajstić information content (AvgIpc) is 3.27. The number of imidazole rings is 1. The van der Waals surface area contributed by atoms with Crippen molar-refractivity contribution < 1.29 is 9.15 Å². The predicted molar refractivity (Wildman–Crippen MR) is 95.8 cm³/mol. The molecule has 0 amide bonds. The number of hydrogen-bond donors (Lipinski definition) is 0. The summed E-state index contributed by atoms with van der Waals surface area (Å²) < 4.78 is 13.1. The molecule has 0 fully saturated rings. The zero-order chi connectivity index (χ0) is 17.2. The van der Waals surface area contributed by atoms with E-state index in [1.165, 1.54) is 11.8 Å². The molecule has 0 unspecified atom stereocenters. The van der Waals surface area contributed by atoms with Crippen molar-refractivity contribution in [2.45, 2.75) is 17.9 Å². The minimum atomic E-state index is 0.450. The van der Waals surface area contributed by atoms with Crippen molar-refractivity contribution in [3.8, 4) is 17.2 Å².